The highest BCUT2D eigenvalue weighted by atomic mass is 32.2. The van der Waals surface area contributed by atoms with Crippen molar-refractivity contribution in [3.63, 3.8) is 0 Å². The maximum Gasteiger partial charge on any atom is 0.374 e. The van der Waals surface area contributed by atoms with Crippen LogP contribution in [0.3, 0.4) is 0 Å². The molecule has 0 fully saturated rings. The second kappa shape index (κ2) is 8.04. The monoisotopic (exact) mass is 402 g/mol. The molecule has 0 saturated carbocycles. The minimum absolute atomic E-state index is 0.0858. The van der Waals surface area contributed by atoms with Crippen LogP contribution in [0.5, 0.6) is 0 Å². The minimum atomic E-state index is -3.70. The largest absolute Gasteiger partial charge is 0.460 e. The number of rotatable bonds is 7. The number of carbonyl (C=O) groups excluding carboxylic acids is 1. The highest BCUT2D eigenvalue weighted by molar-refractivity contribution is 7.89. The van der Waals surface area contributed by atoms with Gasteiger partial charge in [-0.3, -0.25) is 0 Å². The molecule has 0 aliphatic carbocycles. The number of anilines is 1. The molecule has 1 heterocycles. The average molecular weight is 402 g/mol. The number of esters is 1. The molecule has 0 aliphatic heterocycles. The molecule has 0 bridgehead atoms. The Labute approximate surface area is 163 Å². The molecule has 8 heteroatoms. The number of hydrogen-bond acceptors (Lipinski definition) is 6. The van der Waals surface area contributed by atoms with Crippen molar-refractivity contribution in [3.05, 3.63) is 59.4 Å². The van der Waals surface area contributed by atoms with Crippen LogP contribution in [0.4, 0.5) is 5.69 Å². The number of fused-ring (bicyclic) bond motifs is 1. The zero-order chi connectivity index (χ0) is 20.3. The Balaban J connectivity index is 1.78. The number of sulfonamides is 1. The molecule has 148 valence electrons. The first-order valence-electron chi connectivity index (χ1n) is 8.86. The van der Waals surface area contributed by atoms with Gasteiger partial charge in [0.25, 0.3) is 0 Å². The van der Waals surface area contributed by atoms with Crippen LogP contribution in [-0.4, -0.2) is 27.5 Å². The number of benzene rings is 2. The Morgan fingerprint density at radius 3 is 2.57 bits per heavy atom. The molecule has 1 aromatic heterocycles. The molecule has 0 aliphatic rings. The van der Waals surface area contributed by atoms with Gasteiger partial charge in [-0.1, -0.05) is 12.1 Å². The number of ether oxygens (including phenoxy) is 1. The standard InChI is InChI=1S/C20H22N2O5S/c1-3-26-20(23)19-13(2)17-12-16(8-9-18(17)27-19)28(24,25)22-11-10-14-4-6-15(21)7-5-14/h4-9,12,22H,3,10-11,21H2,1-2H3. The Bertz CT molecular complexity index is 1100. The van der Waals surface area contributed by atoms with Crippen LogP contribution in [0.2, 0.25) is 0 Å². The minimum Gasteiger partial charge on any atom is -0.460 e. The highest BCUT2D eigenvalue weighted by Gasteiger charge is 2.21. The summed E-state index contributed by atoms with van der Waals surface area (Å²) in [6.45, 7) is 3.88. The average Bonchev–Trinajstić information content (AvgIpc) is 3.00. The Kier molecular flexibility index (Phi) is 5.71. The lowest BCUT2D eigenvalue weighted by Crippen LogP contribution is -2.26. The second-order valence-corrected chi connectivity index (χ2v) is 8.09. The summed E-state index contributed by atoms with van der Waals surface area (Å²) in [4.78, 5) is 12.1. The summed E-state index contributed by atoms with van der Waals surface area (Å²) in [7, 11) is -3.70. The summed E-state index contributed by atoms with van der Waals surface area (Å²) >= 11 is 0. The van der Waals surface area contributed by atoms with E-state index in [0.29, 0.717) is 28.6 Å². The Morgan fingerprint density at radius 2 is 1.89 bits per heavy atom. The number of aryl methyl sites for hydroxylation is 1. The molecule has 3 rings (SSSR count). The van der Waals surface area contributed by atoms with Crippen molar-refractivity contribution in [2.45, 2.75) is 25.2 Å². The molecule has 0 atom stereocenters. The van der Waals surface area contributed by atoms with Gasteiger partial charge < -0.3 is 14.9 Å². The maximum absolute atomic E-state index is 12.6. The lowest BCUT2D eigenvalue weighted by Gasteiger charge is -2.07. The molecule has 3 aromatic rings. The van der Waals surface area contributed by atoms with Gasteiger partial charge in [0.1, 0.15) is 5.58 Å². The summed E-state index contributed by atoms with van der Waals surface area (Å²) in [5.41, 5.74) is 8.27. The van der Waals surface area contributed by atoms with E-state index in [2.05, 4.69) is 4.72 Å². The smallest absolute Gasteiger partial charge is 0.374 e. The van der Waals surface area contributed by atoms with E-state index in [1.54, 1.807) is 32.0 Å². The van der Waals surface area contributed by atoms with E-state index >= 15 is 0 Å². The first-order chi connectivity index (χ1) is 13.3. The van der Waals surface area contributed by atoms with Gasteiger partial charge in [0, 0.05) is 23.2 Å². The zero-order valence-corrected chi connectivity index (χ0v) is 16.5. The Hall–Kier alpha value is -2.84. The molecular formula is C20H22N2O5S. The summed E-state index contributed by atoms with van der Waals surface area (Å²) in [6, 6.07) is 11.8. The topological polar surface area (TPSA) is 112 Å². The van der Waals surface area contributed by atoms with Gasteiger partial charge in [-0.2, -0.15) is 0 Å². The van der Waals surface area contributed by atoms with Gasteiger partial charge in [0.05, 0.1) is 11.5 Å². The van der Waals surface area contributed by atoms with Gasteiger partial charge >= 0.3 is 5.97 Å². The maximum atomic E-state index is 12.6. The van der Waals surface area contributed by atoms with E-state index in [9.17, 15) is 13.2 Å². The van der Waals surface area contributed by atoms with E-state index in [0.717, 1.165) is 5.56 Å². The fourth-order valence-electron chi connectivity index (χ4n) is 2.86. The summed E-state index contributed by atoms with van der Waals surface area (Å²) in [6.07, 6.45) is 0.541. The molecule has 2 aromatic carbocycles. The first kappa shape index (κ1) is 19.9. The molecule has 0 unspecified atom stereocenters. The molecule has 3 N–H and O–H groups in total. The van der Waals surface area contributed by atoms with E-state index in [4.69, 9.17) is 14.9 Å². The predicted molar refractivity (Wildman–Crippen MR) is 107 cm³/mol. The zero-order valence-electron chi connectivity index (χ0n) is 15.7. The summed E-state index contributed by atoms with van der Waals surface area (Å²) in [5, 5.41) is 0.560. The number of carbonyl (C=O) groups is 1. The van der Waals surface area contributed by atoms with Crippen molar-refractivity contribution >= 4 is 32.6 Å². The normalized spacial score (nSPS) is 11.6. The predicted octanol–water partition coefficient (Wildman–Crippen LogP) is 3.02. The van der Waals surface area contributed by atoms with Crippen molar-refractivity contribution in [1.82, 2.24) is 4.72 Å². The molecule has 0 saturated heterocycles. The third-order valence-electron chi connectivity index (χ3n) is 4.36. The number of hydrogen-bond donors (Lipinski definition) is 2. The lowest BCUT2D eigenvalue weighted by atomic mass is 10.1. The van der Waals surface area contributed by atoms with Gasteiger partial charge in [0.15, 0.2) is 0 Å². The number of nitrogens with two attached hydrogens (primary N) is 1. The number of nitrogens with one attached hydrogen (secondary N) is 1. The van der Waals surface area contributed by atoms with E-state index in [1.165, 1.54) is 12.1 Å². The van der Waals surface area contributed by atoms with Crippen LogP contribution in [0, 0.1) is 6.92 Å². The van der Waals surface area contributed by atoms with Crippen LogP contribution in [0.1, 0.15) is 28.6 Å². The van der Waals surface area contributed by atoms with E-state index in [1.807, 2.05) is 12.1 Å². The van der Waals surface area contributed by atoms with Crippen molar-refractivity contribution in [1.29, 1.82) is 0 Å². The van der Waals surface area contributed by atoms with E-state index in [-0.39, 0.29) is 23.8 Å². The molecular weight excluding hydrogens is 380 g/mol. The van der Waals surface area contributed by atoms with Crippen molar-refractivity contribution < 1.29 is 22.4 Å². The fraction of sp³-hybridized carbons (Fsp3) is 0.250. The third-order valence-corrected chi connectivity index (χ3v) is 5.82. The van der Waals surface area contributed by atoms with E-state index < -0.39 is 16.0 Å². The van der Waals surface area contributed by atoms with Crippen LogP contribution in [0.15, 0.2) is 51.8 Å². The Morgan fingerprint density at radius 1 is 1.18 bits per heavy atom. The van der Waals surface area contributed by atoms with Gasteiger partial charge in [-0.05, 0) is 56.2 Å². The number of furan rings is 1. The quantitative estimate of drug-likeness (QED) is 0.464. The van der Waals surface area contributed by atoms with Crippen molar-refractivity contribution in [2.75, 3.05) is 18.9 Å². The van der Waals surface area contributed by atoms with Crippen LogP contribution >= 0.6 is 0 Å². The molecule has 0 radical (unpaired) electrons. The van der Waals surface area contributed by atoms with Gasteiger partial charge in [-0.25, -0.2) is 17.9 Å². The van der Waals surface area contributed by atoms with Gasteiger partial charge in [0.2, 0.25) is 15.8 Å². The highest BCUT2D eigenvalue weighted by Crippen LogP contribution is 2.28. The summed E-state index contributed by atoms with van der Waals surface area (Å²) in [5.74, 6) is -0.482. The molecule has 0 amide bonds. The molecule has 7 nitrogen and oxygen atoms in total. The van der Waals surface area contributed by atoms with Crippen LogP contribution in [-0.2, 0) is 21.2 Å². The lowest BCUT2D eigenvalue weighted by molar-refractivity contribution is 0.0491. The van der Waals surface area contributed by atoms with Crippen molar-refractivity contribution in [2.24, 2.45) is 0 Å². The number of nitrogen functional groups attached to an aromatic ring is 1. The second-order valence-electron chi connectivity index (χ2n) is 6.32. The van der Waals surface area contributed by atoms with Crippen LogP contribution in [0.25, 0.3) is 11.0 Å². The third kappa shape index (κ3) is 4.18. The molecule has 0 spiro atoms. The molecule has 28 heavy (non-hydrogen) atoms. The van der Waals surface area contributed by atoms with Crippen LogP contribution < -0.4 is 10.5 Å². The van der Waals surface area contributed by atoms with Gasteiger partial charge in [-0.15, -0.1) is 0 Å². The summed E-state index contributed by atoms with van der Waals surface area (Å²) < 4.78 is 38.3. The fourth-order valence-corrected chi connectivity index (χ4v) is 3.91. The SMILES string of the molecule is CCOC(=O)c1oc2ccc(S(=O)(=O)NCCc3ccc(N)cc3)cc2c1C. The van der Waals surface area contributed by atoms with Crippen molar-refractivity contribution in [3.8, 4) is 0 Å². The first-order valence-corrected chi connectivity index (χ1v) is 10.3.